The Balaban J connectivity index is 3.27. The van der Waals surface area contributed by atoms with E-state index in [4.69, 9.17) is 4.74 Å². The average molecular weight is 145 g/mol. The van der Waals surface area contributed by atoms with Crippen LogP contribution in [0.1, 0.15) is 20.3 Å². The van der Waals surface area contributed by atoms with Crippen LogP contribution in [0.15, 0.2) is 0 Å². The first-order valence-electron chi connectivity index (χ1n) is 3.87. The van der Waals surface area contributed by atoms with Crippen LogP contribution in [0, 0.1) is 5.92 Å². The van der Waals surface area contributed by atoms with Crippen LogP contribution in [-0.2, 0) is 4.74 Å². The van der Waals surface area contributed by atoms with Crippen LogP contribution in [-0.4, -0.2) is 26.8 Å². The third-order valence-electron chi connectivity index (χ3n) is 1.70. The molecule has 2 nitrogen and oxygen atoms in total. The van der Waals surface area contributed by atoms with Crippen molar-refractivity contribution in [3.8, 4) is 0 Å². The fraction of sp³-hybridized carbons (Fsp3) is 1.00. The molecule has 0 amide bonds. The van der Waals surface area contributed by atoms with Crippen LogP contribution in [0.4, 0.5) is 0 Å². The number of nitrogens with one attached hydrogen (secondary N) is 1. The summed E-state index contributed by atoms with van der Waals surface area (Å²) < 4.78 is 5.02. The second kappa shape index (κ2) is 5.69. The maximum Gasteiger partial charge on any atom is 0.0488 e. The van der Waals surface area contributed by atoms with E-state index in [0.29, 0.717) is 12.0 Å². The Labute approximate surface area is 64.0 Å². The van der Waals surface area contributed by atoms with Crippen LogP contribution >= 0.6 is 0 Å². The molecule has 0 radical (unpaired) electrons. The number of ether oxygens (including phenoxy) is 1. The van der Waals surface area contributed by atoms with Crippen LogP contribution in [0.3, 0.4) is 0 Å². The van der Waals surface area contributed by atoms with Gasteiger partial charge in [0.05, 0.1) is 0 Å². The summed E-state index contributed by atoms with van der Waals surface area (Å²) >= 11 is 0. The molecule has 10 heavy (non-hydrogen) atoms. The zero-order chi connectivity index (χ0) is 7.98. The van der Waals surface area contributed by atoms with Gasteiger partial charge in [-0.15, -0.1) is 0 Å². The third kappa shape index (κ3) is 4.77. The third-order valence-corrected chi connectivity index (χ3v) is 1.70. The van der Waals surface area contributed by atoms with E-state index >= 15 is 0 Å². The maximum absolute atomic E-state index is 5.02. The Hall–Kier alpha value is -0.0800. The van der Waals surface area contributed by atoms with E-state index in [0.717, 1.165) is 6.61 Å². The molecule has 0 spiro atoms. The highest BCUT2D eigenvalue weighted by molar-refractivity contribution is 4.61. The van der Waals surface area contributed by atoms with Gasteiger partial charge in [0, 0.05) is 19.8 Å². The van der Waals surface area contributed by atoms with Crippen molar-refractivity contribution >= 4 is 0 Å². The van der Waals surface area contributed by atoms with Gasteiger partial charge in [-0.1, -0.05) is 6.92 Å². The molecule has 0 bridgehead atoms. The Kier molecular flexibility index (Phi) is 5.64. The lowest BCUT2D eigenvalue weighted by atomic mass is 10.0. The molecule has 0 fully saturated rings. The SMILES string of the molecule is CNC(C)CC(C)COC. The zero-order valence-corrected chi connectivity index (χ0v) is 7.48. The molecule has 0 aliphatic carbocycles. The summed E-state index contributed by atoms with van der Waals surface area (Å²) in [5.41, 5.74) is 0. The first-order valence-corrected chi connectivity index (χ1v) is 3.87. The molecule has 0 aliphatic rings. The normalized spacial score (nSPS) is 16.8. The van der Waals surface area contributed by atoms with Crippen molar-refractivity contribution in [3.05, 3.63) is 0 Å². The van der Waals surface area contributed by atoms with Crippen LogP contribution in [0.25, 0.3) is 0 Å². The van der Waals surface area contributed by atoms with Crippen molar-refractivity contribution in [1.29, 1.82) is 0 Å². The summed E-state index contributed by atoms with van der Waals surface area (Å²) in [6.07, 6.45) is 1.18. The van der Waals surface area contributed by atoms with Gasteiger partial charge in [0.25, 0.3) is 0 Å². The molecular formula is C8H19NO. The van der Waals surface area contributed by atoms with Gasteiger partial charge in [-0.05, 0) is 26.3 Å². The van der Waals surface area contributed by atoms with Gasteiger partial charge < -0.3 is 10.1 Å². The average Bonchev–Trinajstić information content (AvgIpc) is 1.88. The quantitative estimate of drug-likeness (QED) is 0.629. The Morgan fingerprint density at radius 2 is 2.00 bits per heavy atom. The summed E-state index contributed by atoms with van der Waals surface area (Å²) in [6.45, 7) is 5.26. The van der Waals surface area contributed by atoms with E-state index in [-0.39, 0.29) is 0 Å². The van der Waals surface area contributed by atoms with E-state index in [1.807, 2.05) is 7.05 Å². The van der Waals surface area contributed by atoms with Crippen molar-refractivity contribution in [3.63, 3.8) is 0 Å². The molecule has 0 saturated carbocycles. The predicted molar refractivity (Wildman–Crippen MR) is 44.2 cm³/mol. The summed E-state index contributed by atoms with van der Waals surface area (Å²) in [6, 6.07) is 0.602. The summed E-state index contributed by atoms with van der Waals surface area (Å²) in [4.78, 5) is 0. The minimum Gasteiger partial charge on any atom is -0.384 e. The topological polar surface area (TPSA) is 21.3 Å². The van der Waals surface area contributed by atoms with Gasteiger partial charge in [-0.2, -0.15) is 0 Å². The highest BCUT2D eigenvalue weighted by Crippen LogP contribution is 2.04. The first kappa shape index (κ1) is 9.92. The number of hydrogen-bond acceptors (Lipinski definition) is 2. The highest BCUT2D eigenvalue weighted by Gasteiger charge is 2.05. The van der Waals surface area contributed by atoms with Gasteiger partial charge in [0.15, 0.2) is 0 Å². The molecule has 0 aromatic heterocycles. The molecule has 0 rings (SSSR count). The first-order chi connectivity index (χ1) is 4.70. The molecule has 2 atom stereocenters. The van der Waals surface area contributed by atoms with E-state index in [2.05, 4.69) is 19.2 Å². The zero-order valence-electron chi connectivity index (χ0n) is 7.48. The van der Waals surface area contributed by atoms with Crippen molar-refractivity contribution in [2.24, 2.45) is 5.92 Å². The van der Waals surface area contributed by atoms with E-state index in [1.165, 1.54) is 6.42 Å². The minimum atomic E-state index is 0.602. The molecule has 62 valence electrons. The van der Waals surface area contributed by atoms with E-state index in [9.17, 15) is 0 Å². The second-order valence-electron chi connectivity index (χ2n) is 2.99. The molecular weight excluding hydrogens is 126 g/mol. The molecule has 0 saturated heterocycles. The highest BCUT2D eigenvalue weighted by atomic mass is 16.5. The number of methoxy groups -OCH3 is 1. The molecule has 0 aromatic carbocycles. The standard InChI is InChI=1S/C8H19NO/c1-7(6-10-4)5-8(2)9-3/h7-9H,5-6H2,1-4H3. The van der Waals surface area contributed by atoms with Gasteiger partial charge in [-0.3, -0.25) is 0 Å². The summed E-state index contributed by atoms with van der Waals surface area (Å²) in [5.74, 6) is 0.660. The van der Waals surface area contributed by atoms with Crippen molar-refractivity contribution in [1.82, 2.24) is 5.32 Å². The van der Waals surface area contributed by atoms with Crippen LogP contribution in [0.5, 0.6) is 0 Å². The fourth-order valence-electron chi connectivity index (χ4n) is 1.07. The lowest BCUT2D eigenvalue weighted by Crippen LogP contribution is -2.24. The molecule has 0 aromatic rings. The van der Waals surface area contributed by atoms with Crippen LogP contribution < -0.4 is 5.32 Å². The predicted octanol–water partition coefficient (Wildman–Crippen LogP) is 1.27. The smallest absolute Gasteiger partial charge is 0.0488 e. The second-order valence-corrected chi connectivity index (χ2v) is 2.99. The Bertz CT molecular complexity index is 75.7. The Morgan fingerprint density at radius 3 is 2.40 bits per heavy atom. The Morgan fingerprint density at radius 1 is 1.40 bits per heavy atom. The molecule has 0 heterocycles. The minimum absolute atomic E-state index is 0.602. The monoisotopic (exact) mass is 145 g/mol. The van der Waals surface area contributed by atoms with Crippen molar-refractivity contribution < 1.29 is 4.74 Å². The fourth-order valence-corrected chi connectivity index (χ4v) is 1.07. The molecule has 0 aliphatic heterocycles. The van der Waals surface area contributed by atoms with Gasteiger partial charge in [0.1, 0.15) is 0 Å². The summed E-state index contributed by atoms with van der Waals surface area (Å²) in [7, 11) is 3.74. The molecule has 1 N–H and O–H groups in total. The van der Waals surface area contributed by atoms with Crippen molar-refractivity contribution in [2.45, 2.75) is 26.3 Å². The molecule has 2 heteroatoms. The van der Waals surface area contributed by atoms with E-state index < -0.39 is 0 Å². The van der Waals surface area contributed by atoms with E-state index in [1.54, 1.807) is 7.11 Å². The lowest BCUT2D eigenvalue weighted by Gasteiger charge is -2.15. The van der Waals surface area contributed by atoms with Crippen molar-refractivity contribution in [2.75, 3.05) is 20.8 Å². The number of rotatable bonds is 5. The van der Waals surface area contributed by atoms with Crippen LogP contribution in [0.2, 0.25) is 0 Å². The number of hydrogen-bond donors (Lipinski definition) is 1. The maximum atomic E-state index is 5.02. The summed E-state index contributed by atoms with van der Waals surface area (Å²) in [5, 5.41) is 3.20. The molecule has 2 unspecified atom stereocenters. The van der Waals surface area contributed by atoms with Gasteiger partial charge in [0.2, 0.25) is 0 Å². The van der Waals surface area contributed by atoms with Gasteiger partial charge >= 0.3 is 0 Å². The van der Waals surface area contributed by atoms with Gasteiger partial charge in [-0.25, -0.2) is 0 Å². The largest absolute Gasteiger partial charge is 0.384 e. The lowest BCUT2D eigenvalue weighted by molar-refractivity contribution is 0.151.